The zero-order chi connectivity index (χ0) is 40.8. The van der Waals surface area contributed by atoms with Crippen LogP contribution < -0.4 is 29.6 Å². The van der Waals surface area contributed by atoms with Gasteiger partial charge in [-0.05, 0) is 44.1 Å². The van der Waals surface area contributed by atoms with Gasteiger partial charge in [-0.3, -0.25) is 19.1 Å². The lowest BCUT2D eigenvalue weighted by Gasteiger charge is -2.35. The smallest absolute Gasteiger partial charge is 0.407 e. The van der Waals surface area contributed by atoms with Crippen LogP contribution in [-0.2, 0) is 29.1 Å². The number of methoxy groups -OCH3 is 1. The predicted octanol–water partition coefficient (Wildman–Crippen LogP) is 4.24. The standard InChI is InChI=1S/C40H53N5O10S/c1-9-24-20-40(24,36(48)44-56(50,51)26-13-14-26)43-34(46)29-17-25-21-45(29)35(47)33(38(3,4)5)42-37(49)54-22-39(6,7)15-11-12-23-16-27-28(18-30(23)52-8)41-32(53-10-2)19-31(27)55-25/h9,11-12,16,18-19,24-26,29,33H,1,10,13-15,17,20-22H2,2-8H3,(H,42,49)(H,43,46)(H,44,48)/t24-,25-,29+,33-,40-/m1/s1. The fourth-order valence-corrected chi connectivity index (χ4v) is 8.58. The van der Waals surface area contributed by atoms with Gasteiger partial charge >= 0.3 is 6.09 Å². The number of rotatable bonds is 9. The molecule has 2 saturated carbocycles. The van der Waals surface area contributed by atoms with E-state index in [4.69, 9.17) is 18.9 Å². The number of carbonyl (C=O) groups excluding carboxylic acids is 4. The third-order valence-corrected chi connectivity index (χ3v) is 12.5. The highest BCUT2D eigenvalue weighted by Crippen LogP contribution is 2.46. The van der Waals surface area contributed by atoms with Gasteiger partial charge in [-0.25, -0.2) is 18.2 Å². The molecule has 2 aromatic rings. The van der Waals surface area contributed by atoms with Gasteiger partial charge in [0.25, 0.3) is 5.91 Å². The fraction of sp³-hybridized carbons (Fsp3) is 0.575. The van der Waals surface area contributed by atoms with E-state index in [1.807, 2.05) is 39.0 Å². The largest absolute Gasteiger partial charge is 0.496 e. The first-order chi connectivity index (χ1) is 26.3. The molecule has 1 aromatic carbocycles. The fourth-order valence-electron chi connectivity index (χ4n) is 7.22. The summed E-state index contributed by atoms with van der Waals surface area (Å²) in [5, 5.41) is 5.55. The van der Waals surface area contributed by atoms with Gasteiger partial charge in [0.05, 0.1) is 37.6 Å². The molecule has 4 amide bonds. The Bertz CT molecular complexity index is 2060. The normalized spacial score (nSPS) is 26.6. The maximum absolute atomic E-state index is 14.7. The van der Waals surface area contributed by atoms with Gasteiger partial charge in [0, 0.05) is 40.8 Å². The maximum Gasteiger partial charge on any atom is 0.407 e. The number of nitrogens with zero attached hydrogens (tertiary/aromatic N) is 2. The molecule has 1 aromatic heterocycles. The van der Waals surface area contributed by atoms with Gasteiger partial charge in [0.15, 0.2) is 0 Å². The molecule has 5 atom stereocenters. The van der Waals surface area contributed by atoms with Crippen molar-refractivity contribution in [2.45, 2.75) is 103 Å². The summed E-state index contributed by atoms with van der Waals surface area (Å²) in [4.78, 5) is 62.0. The number of sulfonamides is 1. The second-order valence-electron chi connectivity index (χ2n) is 17.0. The first-order valence-electron chi connectivity index (χ1n) is 19.0. The van der Waals surface area contributed by atoms with Crippen LogP contribution in [0.25, 0.3) is 17.0 Å². The number of allylic oxidation sites excluding steroid dienone is 1. The third kappa shape index (κ3) is 8.59. The number of nitrogens with one attached hydrogen (secondary N) is 3. The molecule has 1 saturated heterocycles. The van der Waals surface area contributed by atoms with Gasteiger partial charge in [-0.1, -0.05) is 52.8 Å². The van der Waals surface area contributed by atoms with Crippen molar-refractivity contribution in [2.24, 2.45) is 16.7 Å². The first kappa shape index (κ1) is 40.8. The Balaban J connectivity index is 1.41. The van der Waals surface area contributed by atoms with Crippen LogP contribution in [0.1, 0.15) is 79.2 Å². The monoisotopic (exact) mass is 795 g/mol. The minimum absolute atomic E-state index is 0.000594. The Morgan fingerprint density at radius 2 is 1.91 bits per heavy atom. The molecule has 4 bridgehead atoms. The van der Waals surface area contributed by atoms with E-state index in [9.17, 15) is 27.6 Å². The van der Waals surface area contributed by atoms with Crippen LogP contribution in [0.15, 0.2) is 36.9 Å². The molecular weight excluding hydrogens is 743 g/mol. The van der Waals surface area contributed by atoms with Crippen molar-refractivity contribution in [3.63, 3.8) is 0 Å². The number of pyridine rings is 1. The molecule has 0 radical (unpaired) electrons. The number of carbonyl (C=O) groups is 4. The first-order valence-corrected chi connectivity index (χ1v) is 20.6. The maximum atomic E-state index is 14.7. The SMILES string of the molecule is C=C[C@@H]1C[C@]1(NC(=O)[C@@H]1C[C@@H]2CN1C(=O)[C@H](C(C)(C)C)NC(=O)OCC(C)(C)CC=Cc1cc3c(cc(OCC)nc3cc1OC)O2)C(=O)NS(=O)(=O)C1CC1. The van der Waals surface area contributed by atoms with Gasteiger partial charge in [0.2, 0.25) is 27.7 Å². The number of cyclic esters (lactones) is 1. The van der Waals surface area contributed by atoms with Crippen LogP contribution in [0, 0.1) is 16.7 Å². The average molecular weight is 796 g/mol. The van der Waals surface area contributed by atoms with Crippen LogP contribution in [0.2, 0.25) is 0 Å². The van der Waals surface area contributed by atoms with E-state index in [0.29, 0.717) is 54.2 Å². The minimum atomic E-state index is -3.92. The number of fused-ring (bicyclic) bond motifs is 3. The lowest BCUT2D eigenvalue weighted by Crippen LogP contribution is -2.60. The number of benzene rings is 1. The van der Waals surface area contributed by atoms with E-state index in [1.54, 1.807) is 40.0 Å². The lowest BCUT2D eigenvalue weighted by atomic mass is 9.85. The van der Waals surface area contributed by atoms with Crippen LogP contribution in [-0.4, -0.2) is 98.0 Å². The second kappa shape index (κ2) is 15.2. The van der Waals surface area contributed by atoms with Crippen molar-refractivity contribution in [3.8, 4) is 17.4 Å². The highest BCUT2D eigenvalue weighted by Gasteiger charge is 2.62. The van der Waals surface area contributed by atoms with E-state index in [2.05, 4.69) is 26.9 Å². The van der Waals surface area contributed by atoms with Crippen LogP contribution in [0.5, 0.6) is 17.4 Å². The number of hydrogen-bond acceptors (Lipinski definition) is 11. The van der Waals surface area contributed by atoms with Crippen LogP contribution in [0.3, 0.4) is 0 Å². The van der Waals surface area contributed by atoms with Crippen molar-refractivity contribution in [2.75, 3.05) is 26.9 Å². The molecule has 15 nitrogen and oxygen atoms in total. The Labute approximate surface area is 328 Å². The van der Waals surface area contributed by atoms with Gasteiger partial charge in [-0.2, -0.15) is 0 Å². The molecule has 4 aliphatic rings. The molecule has 2 aliphatic carbocycles. The van der Waals surface area contributed by atoms with E-state index in [1.165, 1.54) is 11.0 Å². The minimum Gasteiger partial charge on any atom is -0.496 e. The summed E-state index contributed by atoms with van der Waals surface area (Å²) in [6.07, 6.45) is 5.43. The molecule has 3 fully saturated rings. The zero-order valence-corrected chi connectivity index (χ0v) is 33.9. The number of alkyl carbamates (subject to hydrolysis) is 1. The van der Waals surface area contributed by atoms with E-state index < -0.39 is 79.6 Å². The van der Waals surface area contributed by atoms with Crippen molar-refractivity contribution >= 4 is 50.8 Å². The van der Waals surface area contributed by atoms with Gasteiger partial charge in [-0.15, -0.1) is 6.58 Å². The molecule has 0 spiro atoms. The summed E-state index contributed by atoms with van der Waals surface area (Å²) in [7, 11) is -2.35. The molecule has 2 aliphatic heterocycles. The van der Waals surface area contributed by atoms with E-state index >= 15 is 0 Å². The summed E-state index contributed by atoms with van der Waals surface area (Å²) in [5.74, 6) is -1.36. The number of aromatic nitrogens is 1. The predicted molar refractivity (Wildman–Crippen MR) is 208 cm³/mol. The molecule has 304 valence electrons. The molecular formula is C40H53N5O10S. The summed E-state index contributed by atoms with van der Waals surface area (Å²) >= 11 is 0. The molecule has 16 heteroatoms. The van der Waals surface area contributed by atoms with Crippen LogP contribution in [0.4, 0.5) is 4.79 Å². The summed E-state index contributed by atoms with van der Waals surface area (Å²) in [6.45, 7) is 15.2. The Hall–Kier alpha value is -4.86. The van der Waals surface area contributed by atoms with Crippen molar-refractivity contribution < 1.29 is 46.5 Å². The summed E-state index contributed by atoms with van der Waals surface area (Å²) < 4.78 is 51.5. The Morgan fingerprint density at radius 3 is 2.54 bits per heavy atom. The average Bonchev–Trinajstić information content (AvgIpc) is 4.05. The second-order valence-corrected chi connectivity index (χ2v) is 18.9. The third-order valence-electron chi connectivity index (χ3n) is 10.7. The highest BCUT2D eigenvalue weighted by atomic mass is 32.2. The molecule has 3 heterocycles. The van der Waals surface area contributed by atoms with Crippen molar-refractivity contribution in [3.05, 3.63) is 42.5 Å². The van der Waals surface area contributed by atoms with E-state index in [0.717, 1.165) is 5.56 Å². The zero-order valence-electron chi connectivity index (χ0n) is 33.1. The Kier molecular flexibility index (Phi) is 11.1. The summed E-state index contributed by atoms with van der Waals surface area (Å²) in [6, 6.07) is 3.04. The van der Waals surface area contributed by atoms with Crippen molar-refractivity contribution in [1.29, 1.82) is 0 Å². The van der Waals surface area contributed by atoms with Gasteiger partial charge < -0.3 is 34.5 Å². The number of amides is 4. The molecule has 6 rings (SSSR count). The van der Waals surface area contributed by atoms with Crippen LogP contribution >= 0.6 is 0 Å². The summed E-state index contributed by atoms with van der Waals surface area (Å²) in [5.41, 5.74) is -1.60. The number of ether oxygens (including phenoxy) is 4. The quantitative estimate of drug-likeness (QED) is 0.308. The molecule has 0 unspecified atom stereocenters. The van der Waals surface area contributed by atoms with Gasteiger partial charge in [0.1, 0.15) is 35.2 Å². The Morgan fingerprint density at radius 1 is 1.18 bits per heavy atom. The highest BCUT2D eigenvalue weighted by molar-refractivity contribution is 7.91. The van der Waals surface area contributed by atoms with Crippen molar-refractivity contribution in [1.82, 2.24) is 25.2 Å². The van der Waals surface area contributed by atoms with E-state index in [-0.39, 0.29) is 26.0 Å². The molecule has 56 heavy (non-hydrogen) atoms. The number of hydrogen-bond donors (Lipinski definition) is 3. The molecule has 3 N–H and O–H groups in total. The topological polar surface area (TPSA) is 192 Å². The lowest BCUT2D eigenvalue weighted by molar-refractivity contribution is -0.142.